The number of esters is 2. The Morgan fingerprint density at radius 3 is 2.69 bits per heavy atom. The van der Waals surface area contributed by atoms with E-state index in [0.717, 1.165) is 16.5 Å². The summed E-state index contributed by atoms with van der Waals surface area (Å²) >= 11 is 6.20. The molecular formula is C22H25ClN2O4. The Kier molecular flexibility index (Phi) is 8.09. The number of carbonyl (C=O) groups excluding carboxylic acids is 2. The Morgan fingerprint density at radius 2 is 2.03 bits per heavy atom. The molecule has 2 rings (SSSR count). The van der Waals surface area contributed by atoms with E-state index in [1.807, 2.05) is 42.2 Å². The first-order valence-electron chi connectivity index (χ1n) is 9.13. The van der Waals surface area contributed by atoms with Gasteiger partial charge in [0, 0.05) is 35.6 Å². The van der Waals surface area contributed by atoms with E-state index in [-0.39, 0.29) is 5.57 Å². The molecule has 0 saturated heterocycles. The minimum absolute atomic E-state index is 0.271. The number of allylic oxidation sites excluding steroid dienone is 1. The number of aromatic nitrogens is 1. The number of rotatable bonds is 9. The fraction of sp³-hybridized carbons (Fsp3) is 0.273. The maximum Gasteiger partial charge on any atom is 0.339 e. The number of aromatic amines is 1. The van der Waals surface area contributed by atoms with E-state index in [0.29, 0.717) is 30.2 Å². The lowest BCUT2D eigenvalue weighted by molar-refractivity contribution is -0.135. The number of para-hydroxylation sites is 1. The number of ether oxygens (including phenoxy) is 2. The van der Waals surface area contributed by atoms with Crippen molar-refractivity contribution in [2.75, 3.05) is 20.2 Å². The molecule has 29 heavy (non-hydrogen) atoms. The SMILES string of the molecule is C=C(C(=O)OC)c1[nH]c2ccccc2c1CCN(/C=C/OC(C)=O)C/C(Cl)=C/C. The Labute approximate surface area is 175 Å². The normalized spacial score (nSPS) is 11.7. The molecule has 1 heterocycles. The van der Waals surface area contributed by atoms with Gasteiger partial charge in [0.2, 0.25) is 0 Å². The van der Waals surface area contributed by atoms with Crippen molar-refractivity contribution in [3.05, 3.63) is 65.7 Å². The number of halogens is 1. The smallest absolute Gasteiger partial charge is 0.339 e. The summed E-state index contributed by atoms with van der Waals surface area (Å²) in [4.78, 5) is 28.2. The second-order valence-electron chi connectivity index (χ2n) is 6.34. The number of fused-ring (bicyclic) bond motifs is 1. The molecule has 0 unspecified atom stereocenters. The van der Waals surface area contributed by atoms with E-state index in [2.05, 4.69) is 11.6 Å². The van der Waals surface area contributed by atoms with Gasteiger partial charge >= 0.3 is 11.9 Å². The van der Waals surface area contributed by atoms with E-state index >= 15 is 0 Å². The first-order valence-corrected chi connectivity index (χ1v) is 9.51. The van der Waals surface area contributed by atoms with Crippen molar-refractivity contribution in [1.29, 1.82) is 0 Å². The van der Waals surface area contributed by atoms with Crippen molar-refractivity contribution in [1.82, 2.24) is 9.88 Å². The number of hydrogen-bond donors (Lipinski definition) is 1. The molecule has 0 amide bonds. The molecule has 0 saturated carbocycles. The van der Waals surface area contributed by atoms with Crippen LogP contribution in [0.4, 0.5) is 0 Å². The van der Waals surface area contributed by atoms with Crippen LogP contribution in [0.15, 0.2) is 54.4 Å². The average molecular weight is 417 g/mol. The number of hydrogen-bond acceptors (Lipinski definition) is 5. The maximum absolute atomic E-state index is 12.0. The van der Waals surface area contributed by atoms with Gasteiger partial charge < -0.3 is 19.4 Å². The summed E-state index contributed by atoms with van der Waals surface area (Å²) in [6.45, 7) is 8.12. The van der Waals surface area contributed by atoms with Crippen LogP contribution in [0.25, 0.3) is 16.5 Å². The largest absolute Gasteiger partial charge is 0.465 e. The van der Waals surface area contributed by atoms with Gasteiger partial charge in [0.25, 0.3) is 0 Å². The zero-order valence-corrected chi connectivity index (χ0v) is 17.6. The van der Waals surface area contributed by atoms with Crippen molar-refractivity contribution in [3.63, 3.8) is 0 Å². The summed E-state index contributed by atoms with van der Waals surface area (Å²) < 4.78 is 9.73. The van der Waals surface area contributed by atoms with E-state index in [1.54, 1.807) is 6.20 Å². The van der Waals surface area contributed by atoms with Crippen molar-refractivity contribution >= 4 is 40.0 Å². The third-order valence-electron chi connectivity index (χ3n) is 4.37. The second-order valence-corrected chi connectivity index (χ2v) is 6.83. The minimum Gasteiger partial charge on any atom is -0.465 e. The van der Waals surface area contributed by atoms with Gasteiger partial charge in [0.15, 0.2) is 0 Å². The fourth-order valence-corrected chi connectivity index (χ4v) is 3.06. The Bertz CT molecular complexity index is 959. The van der Waals surface area contributed by atoms with Gasteiger partial charge in [-0.25, -0.2) is 4.79 Å². The van der Waals surface area contributed by atoms with Crippen LogP contribution in [0.1, 0.15) is 25.1 Å². The van der Waals surface area contributed by atoms with Gasteiger partial charge in [-0.15, -0.1) is 0 Å². The molecule has 0 fully saturated rings. The number of carbonyl (C=O) groups is 2. The maximum atomic E-state index is 12.0. The zero-order valence-electron chi connectivity index (χ0n) is 16.8. The van der Waals surface area contributed by atoms with Crippen LogP contribution >= 0.6 is 11.6 Å². The van der Waals surface area contributed by atoms with E-state index in [4.69, 9.17) is 21.1 Å². The monoisotopic (exact) mass is 416 g/mol. The molecule has 0 aliphatic heterocycles. The lowest BCUT2D eigenvalue weighted by Gasteiger charge is -2.20. The predicted molar refractivity (Wildman–Crippen MR) is 115 cm³/mol. The number of benzene rings is 1. The highest BCUT2D eigenvalue weighted by atomic mass is 35.5. The van der Waals surface area contributed by atoms with Crippen molar-refractivity contribution in [2.24, 2.45) is 0 Å². The summed E-state index contributed by atoms with van der Waals surface area (Å²) in [6, 6.07) is 7.81. The molecule has 1 N–H and O–H groups in total. The highest BCUT2D eigenvalue weighted by molar-refractivity contribution is 6.29. The Morgan fingerprint density at radius 1 is 1.31 bits per heavy atom. The number of nitrogens with zero attached hydrogens (tertiary/aromatic N) is 1. The van der Waals surface area contributed by atoms with Crippen molar-refractivity contribution in [2.45, 2.75) is 20.3 Å². The van der Waals surface area contributed by atoms with Crippen LogP contribution in [0.2, 0.25) is 0 Å². The van der Waals surface area contributed by atoms with Crippen molar-refractivity contribution in [3.8, 4) is 0 Å². The second kappa shape index (κ2) is 10.5. The molecule has 0 aliphatic carbocycles. The Balaban J connectivity index is 2.32. The number of H-pyrrole nitrogens is 1. The fourth-order valence-electron chi connectivity index (χ4n) is 2.90. The summed E-state index contributed by atoms with van der Waals surface area (Å²) in [5.74, 6) is -0.881. The predicted octanol–water partition coefficient (Wildman–Crippen LogP) is 4.38. The van der Waals surface area contributed by atoms with Crippen molar-refractivity contribution < 1.29 is 19.1 Å². The molecule has 2 aromatic rings. The first-order chi connectivity index (χ1) is 13.9. The van der Waals surface area contributed by atoms with Gasteiger partial charge in [-0.2, -0.15) is 0 Å². The van der Waals surface area contributed by atoms with Crippen LogP contribution in [0.5, 0.6) is 0 Å². The van der Waals surface area contributed by atoms with E-state index in [1.165, 1.54) is 20.3 Å². The average Bonchev–Trinajstić information content (AvgIpc) is 3.08. The minimum atomic E-state index is -0.485. The summed E-state index contributed by atoms with van der Waals surface area (Å²) in [7, 11) is 1.33. The van der Waals surface area contributed by atoms with E-state index < -0.39 is 11.9 Å². The van der Waals surface area contributed by atoms with Crippen LogP contribution in [0, 0.1) is 0 Å². The molecule has 1 aromatic carbocycles. The van der Waals surface area contributed by atoms with Gasteiger partial charge in [-0.05, 0) is 25.0 Å². The lowest BCUT2D eigenvalue weighted by atomic mass is 10.0. The molecule has 1 aromatic heterocycles. The molecule has 0 radical (unpaired) electrons. The zero-order chi connectivity index (χ0) is 21.4. The third-order valence-corrected chi connectivity index (χ3v) is 4.71. The quantitative estimate of drug-likeness (QED) is 0.373. The number of nitrogens with one attached hydrogen (secondary N) is 1. The topological polar surface area (TPSA) is 71.6 Å². The molecule has 0 spiro atoms. The lowest BCUT2D eigenvalue weighted by Crippen LogP contribution is -2.22. The molecule has 7 heteroatoms. The molecule has 0 atom stereocenters. The van der Waals surface area contributed by atoms with Gasteiger partial charge in [-0.3, -0.25) is 4.79 Å². The van der Waals surface area contributed by atoms with Gasteiger partial charge in [-0.1, -0.05) is 42.5 Å². The molecule has 0 aliphatic rings. The molecule has 6 nitrogen and oxygen atoms in total. The van der Waals surface area contributed by atoms with Crippen LogP contribution in [-0.2, 0) is 25.5 Å². The number of methoxy groups -OCH3 is 1. The third kappa shape index (κ3) is 5.99. The Hall–Kier alpha value is -2.99. The first kappa shape index (κ1) is 22.3. The molecule has 0 bridgehead atoms. The van der Waals surface area contributed by atoms with Crippen LogP contribution in [0.3, 0.4) is 0 Å². The molecule has 154 valence electrons. The molecular weight excluding hydrogens is 392 g/mol. The highest BCUT2D eigenvalue weighted by Gasteiger charge is 2.19. The van der Waals surface area contributed by atoms with E-state index in [9.17, 15) is 9.59 Å². The summed E-state index contributed by atoms with van der Waals surface area (Å²) in [6.07, 6.45) is 5.43. The summed E-state index contributed by atoms with van der Waals surface area (Å²) in [5.41, 5.74) is 2.79. The van der Waals surface area contributed by atoms with Gasteiger partial charge in [0.05, 0.1) is 24.9 Å². The summed E-state index contributed by atoms with van der Waals surface area (Å²) in [5, 5.41) is 1.67. The highest BCUT2D eigenvalue weighted by Crippen LogP contribution is 2.28. The standard InChI is InChI=1S/C22H25ClN2O4/c1-5-17(23)14-25(12-13-29-16(3)26)11-10-19-18-8-6-7-9-20(18)24-21(19)15(2)22(27)28-4/h5-9,12-13,24H,2,10-11,14H2,1,3-4H3/b13-12+,17-5-. The van der Waals surface area contributed by atoms with Crippen LogP contribution in [-0.4, -0.2) is 42.0 Å². The van der Waals surface area contributed by atoms with Crippen LogP contribution < -0.4 is 0 Å². The van der Waals surface area contributed by atoms with Gasteiger partial charge in [0.1, 0.15) is 6.26 Å².